The van der Waals surface area contributed by atoms with Crippen molar-refractivity contribution in [3.05, 3.63) is 156 Å². The van der Waals surface area contributed by atoms with E-state index in [1.54, 1.807) is 28.9 Å². The maximum Gasteiger partial charge on any atom is 0.217 e. The van der Waals surface area contributed by atoms with Crippen molar-refractivity contribution in [1.82, 2.24) is 19.6 Å². The first kappa shape index (κ1) is 25.6. The van der Waals surface area contributed by atoms with Crippen molar-refractivity contribution in [1.29, 1.82) is 0 Å². The highest BCUT2D eigenvalue weighted by atomic mass is 16.1. The third-order valence-corrected chi connectivity index (χ3v) is 6.72. The molecule has 0 fully saturated rings. The lowest BCUT2D eigenvalue weighted by molar-refractivity contribution is 0.0982. The zero-order valence-electron chi connectivity index (χ0n) is 22.1. The summed E-state index contributed by atoms with van der Waals surface area (Å²) in [5.74, 6) is -1.29. The molecule has 0 N–H and O–H groups in total. The van der Waals surface area contributed by atoms with Crippen molar-refractivity contribution in [3.63, 3.8) is 0 Å². The molecule has 0 unspecified atom stereocenters. The number of aromatic nitrogens is 4. The van der Waals surface area contributed by atoms with E-state index in [4.69, 9.17) is 5.10 Å². The van der Waals surface area contributed by atoms with Gasteiger partial charge in [-0.2, -0.15) is 10.2 Å². The van der Waals surface area contributed by atoms with Crippen LogP contribution < -0.4 is 0 Å². The number of benzene rings is 4. The summed E-state index contributed by atoms with van der Waals surface area (Å²) in [5.41, 5.74) is 3.15. The maximum absolute atomic E-state index is 14.4. The molecule has 4 aromatic carbocycles. The monoisotopic (exact) mass is 536 g/mol. The molecule has 0 radical (unpaired) electrons. The van der Waals surface area contributed by atoms with Gasteiger partial charge in [0.2, 0.25) is 5.78 Å². The Kier molecular flexibility index (Phi) is 6.75. The van der Waals surface area contributed by atoms with Crippen LogP contribution >= 0.6 is 0 Å². The molecular weight excluding hydrogens is 512 g/mol. The summed E-state index contributed by atoms with van der Waals surface area (Å²) < 4.78 is 3.11. The van der Waals surface area contributed by atoms with Crippen LogP contribution in [0.1, 0.15) is 49.4 Å². The lowest BCUT2D eigenvalue weighted by Gasteiger charge is -2.10. The number of rotatable bonds is 8. The standard InChI is InChI=1S/C34H24N4O3/c1-23(39)30-28(22-37(35-30)26-18-10-4-11-19-26)34(41)31-29(33(40)25-16-8-3-9-17-25)32(24-14-6-2-7-15-24)38(36-31)27-20-12-5-13-21-27/h2-22H,1H3. The first-order valence-corrected chi connectivity index (χ1v) is 13.1. The number of carbonyl (C=O) groups excluding carboxylic acids is 3. The Morgan fingerprint density at radius 2 is 1.12 bits per heavy atom. The molecule has 0 atom stereocenters. The van der Waals surface area contributed by atoms with Crippen molar-refractivity contribution >= 4 is 17.3 Å². The zero-order chi connectivity index (χ0) is 28.3. The number of hydrogen-bond donors (Lipinski definition) is 0. The molecular formula is C34H24N4O3. The lowest BCUT2D eigenvalue weighted by atomic mass is 9.94. The normalized spacial score (nSPS) is 10.9. The number of ketones is 3. The quantitative estimate of drug-likeness (QED) is 0.210. The van der Waals surface area contributed by atoms with Gasteiger partial charge in [0.25, 0.3) is 0 Å². The summed E-state index contributed by atoms with van der Waals surface area (Å²) >= 11 is 0. The van der Waals surface area contributed by atoms with Gasteiger partial charge in [-0.25, -0.2) is 9.36 Å². The number of hydrogen-bond acceptors (Lipinski definition) is 5. The van der Waals surface area contributed by atoms with Crippen LogP contribution in [0.5, 0.6) is 0 Å². The van der Waals surface area contributed by atoms with Crippen molar-refractivity contribution in [2.75, 3.05) is 0 Å². The van der Waals surface area contributed by atoms with E-state index >= 15 is 0 Å². The van der Waals surface area contributed by atoms with Crippen LogP contribution in [0.4, 0.5) is 0 Å². The number of Topliss-reactive ketones (excluding diaryl/α,β-unsaturated/α-hetero) is 1. The topological polar surface area (TPSA) is 86.8 Å². The van der Waals surface area contributed by atoms with Crippen LogP contribution in [0.2, 0.25) is 0 Å². The second-order valence-corrected chi connectivity index (χ2v) is 9.44. The molecule has 198 valence electrons. The van der Waals surface area contributed by atoms with E-state index in [0.29, 0.717) is 28.2 Å². The van der Waals surface area contributed by atoms with Gasteiger partial charge in [0.05, 0.1) is 28.2 Å². The van der Waals surface area contributed by atoms with Gasteiger partial charge in [0.1, 0.15) is 11.4 Å². The Balaban J connectivity index is 1.63. The fourth-order valence-electron chi connectivity index (χ4n) is 4.79. The first-order chi connectivity index (χ1) is 20.0. The molecule has 7 heteroatoms. The van der Waals surface area contributed by atoms with Crippen LogP contribution in [-0.2, 0) is 0 Å². The van der Waals surface area contributed by atoms with Crippen molar-refractivity contribution in [2.24, 2.45) is 0 Å². The largest absolute Gasteiger partial charge is 0.293 e. The van der Waals surface area contributed by atoms with E-state index in [0.717, 1.165) is 0 Å². The van der Waals surface area contributed by atoms with Gasteiger partial charge in [0.15, 0.2) is 11.6 Å². The average molecular weight is 537 g/mol. The molecule has 0 aliphatic rings. The van der Waals surface area contributed by atoms with E-state index < -0.39 is 5.78 Å². The number of carbonyl (C=O) groups is 3. The average Bonchev–Trinajstić information content (AvgIpc) is 3.66. The van der Waals surface area contributed by atoms with E-state index in [1.807, 2.05) is 97.1 Å². The van der Waals surface area contributed by atoms with Crippen LogP contribution in [0.15, 0.2) is 128 Å². The molecule has 0 saturated heterocycles. The Bertz CT molecular complexity index is 1870. The summed E-state index contributed by atoms with van der Waals surface area (Å²) in [6.45, 7) is 1.36. The summed E-state index contributed by atoms with van der Waals surface area (Å²) in [6, 6.07) is 36.7. The SMILES string of the molecule is CC(=O)c1nn(-c2ccccc2)cc1C(=O)c1nn(-c2ccccc2)c(-c2ccccc2)c1C(=O)c1ccccc1. The van der Waals surface area contributed by atoms with E-state index in [2.05, 4.69) is 5.10 Å². The van der Waals surface area contributed by atoms with Crippen molar-refractivity contribution in [3.8, 4) is 22.6 Å². The molecule has 2 heterocycles. The molecule has 0 aliphatic heterocycles. The molecule has 6 aromatic rings. The summed E-state index contributed by atoms with van der Waals surface area (Å²) in [7, 11) is 0. The van der Waals surface area contributed by atoms with Crippen LogP contribution in [-0.4, -0.2) is 36.9 Å². The third kappa shape index (κ3) is 4.81. The van der Waals surface area contributed by atoms with Gasteiger partial charge in [-0.05, 0) is 24.3 Å². The molecule has 0 amide bonds. The molecule has 41 heavy (non-hydrogen) atoms. The smallest absolute Gasteiger partial charge is 0.217 e. The Morgan fingerprint density at radius 3 is 1.71 bits per heavy atom. The Morgan fingerprint density at radius 1 is 0.585 bits per heavy atom. The first-order valence-electron chi connectivity index (χ1n) is 13.1. The van der Waals surface area contributed by atoms with Gasteiger partial charge in [-0.15, -0.1) is 0 Å². The maximum atomic E-state index is 14.4. The van der Waals surface area contributed by atoms with Gasteiger partial charge in [-0.1, -0.05) is 97.1 Å². The molecule has 6 rings (SSSR count). The predicted octanol–water partition coefficient (Wildman–Crippen LogP) is 6.39. The summed E-state index contributed by atoms with van der Waals surface area (Å²) in [6.07, 6.45) is 1.52. The second kappa shape index (κ2) is 10.8. The predicted molar refractivity (Wildman–Crippen MR) is 156 cm³/mol. The van der Waals surface area contributed by atoms with Crippen LogP contribution in [0.3, 0.4) is 0 Å². The highest BCUT2D eigenvalue weighted by Crippen LogP contribution is 2.33. The molecule has 0 bridgehead atoms. The van der Waals surface area contributed by atoms with Crippen LogP contribution in [0.25, 0.3) is 22.6 Å². The fraction of sp³-hybridized carbons (Fsp3) is 0.0294. The van der Waals surface area contributed by atoms with Gasteiger partial charge < -0.3 is 0 Å². The van der Waals surface area contributed by atoms with Crippen molar-refractivity contribution < 1.29 is 14.4 Å². The van der Waals surface area contributed by atoms with Gasteiger partial charge in [-0.3, -0.25) is 14.4 Å². The molecule has 7 nitrogen and oxygen atoms in total. The fourth-order valence-corrected chi connectivity index (χ4v) is 4.79. The highest BCUT2D eigenvalue weighted by Gasteiger charge is 2.33. The van der Waals surface area contributed by atoms with Crippen LogP contribution in [0, 0.1) is 0 Å². The minimum atomic E-state index is -0.566. The van der Waals surface area contributed by atoms with E-state index in [1.165, 1.54) is 17.8 Å². The Labute approximate surface area is 236 Å². The zero-order valence-corrected chi connectivity index (χ0v) is 22.1. The highest BCUT2D eigenvalue weighted by molar-refractivity contribution is 6.23. The number of para-hydroxylation sites is 2. The molecule has 2 aromatic heterocycles. The summed E-state index contributed by atoms with van der Waals surface area (Å²) in [4.78, 5) is 41.2. The molecule has 0 spiro atoms. The molecule has 0 aliphatic carbocycles. The third-order valence-electron chi connectivity index (χ3n) is 6.72. The lowest BCUT2D eigenvalue weighted by Crippen LogP contribution is -2.13. The van der Waals surface area contributed by atoms with E-state index in [9.17, 15) is 14.4 Å². The second-order valence-electron chi connectivity index (χ2n) is 9.44. The Hall–Kier alpha value is -5.69. The number of nitrogens with zero attached hydrogens (tertiary/aromatic N) is 4. The van der Waals surface area contributed by atoms with E-state index in [-0.39, 0.29) is 34.1 Å². The summed E-state index contributed by atoms with van der Waals surface area (Å²) in [5, 5.41) is 9.19. The van der Waals surface area contributed by atoms with Gasteiger partial charge in [0, 0.05) is 24.2 Å². The minimum absolute atomic E-state index is 0.00693. The van der Waals surface area contributed by atoms with Gasteiger partial charge >= 0.3 is 0 Å². The molecule has 0 saturated carbocycles. The van der Waals surface area contributed by atoms with Crippen molar-refractivity contribution in [2.45, 2.75) is 6.92 Å². The minimum Gasteiger partial charge on any atom is -0.293 e.